The summed E-state index contributed by atoms with van der Waals surface area (Å²) in [5, 5.41) is 0. The Morgan fingerprint density at radius 2 is 2.09 bits per heavy atom. The van der Waals surface area contributed by atoms with Crippen molar-refractivity contribution in [2.24, 2.45) is 0 Å². The molecular formula is C18H22BrN5O8. The van der Waals surface area contributed by atoms with E-state index in [9.17, 15) is 14.4 Å². The Hall–Kier alpha value is -2.55. The van der Waals surface area contributed by atoms with Gasteiger partial charge in [0.1, 0.15) is 12.2 Å². The number of hydrogen-bond donors (Lipinski definition) is 2. The Balaban J connectivity index is 1.59. The topological polar surface area (TPSA) is 170 Å². The molecule has 0 spiro atoms. The number of ether oxygens (including phenoxy) is 5. The van der Waals surface area contributed by atoms with Crippen LogP contribution in [0, 0.1) is 0 Å². The lowest BCUT2D eigenvalue weighted by atomic mass is 10.1. The van der Waals surface area contributed by atoms with Crippen LogP contribution < -0.4 is 11.3 Å². The summed E-state index contributed by atoms with van der Waals surface area (Å²) >= 11 is 3.51. The Kier molecular flexibility index (Phi) is 5.51. The first-order chi connectivity index (χ1) is 14.9. The second-order valence-corrected chi connectivity index (χ2v) is 9.09. The molecule has 0 saturated carbocycles. The summed E-state index contributed by atoms with van der Waals surface area (Å²) in [7, 11) is 0. The number of halogens is 1. The molecule has 4 rings (SSSR count). The van der Waals surface area contributed by atoms with Gasteiger partial charge in [0.15, 0.2) is 23.0 Å². The smallest absolute Gasteiger partial charge is 0.342 e. The van der Waals surface area contributed by atoms with Crippen molar-refractivity contribution in [3.05, 3.63) is 16.7 Å². The molecule has 2 saturated heterocycles. The molecule has 3 N–H and O–H groups in total. The number of rotatable bonds is 5. The number of carbonyl (C=O) groups is 2. The van der Waals surface area contributed by atoms with Gasteiger partial charge in [-0.2, -0.15) is 4.98 Å². The average Bonchev–Trinajstić information content (AvgIpc) is 3.27. The first-order valence-corrected chi connectivity index (χ1v) is 10.6. The highest BCUT2D eigenvalue weighted by Crippen LogP contribution is 2.39. The fourth-order valence-electron chi connectivity index (χ4n) is 3.62. The van der Waals surface area contributed by atoms with Crippen LogP contribution in [0.3, 0.4) is 0 Å². The first kappa shape index (κ1) is 22.6. The lowest BCUT2D eigenvalue weighted by molar-refractivity contribution is -0.336. The van der Waals surface area contributed by atoms with Crippen LogP contribution in [0.15, 0.2) is 11.1 Å². The Labute approximate surface area is 189 Å². The zero-order valence-corrected chi connectivity index (χ0v) is 19.2. The van der Waals surface area contributed by atoms with Gasteiger partial charge in [-0.3, -0.25) is 23.9 Å². The molecule has 2 fully saturated rings. The van der Waals surface area contributed by atoms with Crippen LogP contribution in [-0.2, 0) is 33.3 Å². The molecule has 1 unspecified atom stereocenters. The van der Waals surface area contributed by atoms with Gasteiger partial charge in [0.25, 0.3) is 5.56 Å². The normalized spacial score (nSPS) is 31.7. The summed E-state index contributed by atoms with van der Waals surface area (Å²) < 4.78 is 29.6. The van der Waals surface area contributed by atoms with Crippen molar-refractivity contribution >= 4 is 45.0 Å². The number of alkyl halides is 1. The van der Waals surface area contributed by atoms with Crippen LogP contribution in [0.4, 0.5) is 5.95 Å². The van der Waals surface area contributed by atoms with Crippen LogP contribution >= 0.6 is 15.9 Å². The van der Waals surface area contributed by atoms with Gasteiger partial charge in [0, 0.05) is 13.8 Å². The molecular weight excluding hydrogens is 494 g/mol. The van der Waals surface area contributed by atoms with Gasteiger partial charge in [0.05, 0.1) is 17.8 Å². The van der Waals surface area contributed by atoms with Crippen molar-refractivity contribution < 1.29 is 33.3 Å². The van der Waals surface area contributed by atoms with E-state index in [1.807, 2.05) is 0 Å². The molecule has 4 heterocycles. The minimum Gasteiger partial charge on any atom is -0.458 e. The number of nitrogens with one attached hydrogen (secondary N) is 1. The van der Waals surface area contributed by atoms with E-state index in [2.05, 4.69) is 30.9 Å². The quantitative estimate of drug-likeness (QED) is 0.415. The molecule has 0 radical (unpaired) electrons. The van der Waals surface area contributed by atoms with Gasteiger partial charge in [-0.25, -0.2) is 9.78 Å². The molecule has 13 nitrogen and oxygen atoms in total. The molecule has 2 aliphatic heterocycles. The molecule has 2 aliphatic rings. The predicted molar refractivity (Wildman–Crippen MR) is 110 cm³/mol. The number of nitrogens with zero attached hydrogens (tertiary/aromatic N) is 3. The van der Waals surface area contributed by atoms with Crippen molar-refractivity contribution in [1.29, 1.82) is 0 Å². The van der Waals surface area contributed by atoms with E-state index in [0.29, 0.717) is 0 Å². The molecule has 174 valence electrons. The SMILES string of the molecule is CC(=O)O[C@H]1[C@H](Br)[C@H](n2cnc3c(=O)[nH]c(N)nc32)O[C@@H]1COC1(C)OC(=O)C(C)(C)O1. The molecule has 32 heavy (non-hydrogen) atoms. The lowest BCUT2D eigenvalue weighted by Gasteiger charge is -2.26. The molecule has 2 aromatic heterocycles. The molecule has 0 amide bonds. The molecule has 0 aromatic carbocycles. The maximum Gasteiger partial charge on any atom is 0.342 e. The number of nitrogens with two attached hydrogens (primary N) is 1. The molecule has 0 aliphatic carbocycles. The summed E-state index contributed by atoms with van der Waals surface area (Å²) in [6, 6.07) is 0. The summed E-state index contributed by atoms with van der Waals surface area (Å²) in [6.45, 7) is 5.71. The van der Waals surface area contributed by atoms with Crippen LogP contribution in [-0.4, -0.2) is 66.7 Å². The van der Waals surface area contributed by atoms with Gasteiger partial charge in [0.2, 0.25) is 5.95 Å². The van der Waals surface area contributed by atoms with Crippen molar-refractivity contribution in [2.45, 2.75) is 62.5 Å². The van der Waals surface area contributed by atoms with Crippen molar-refractivity contribution in [2.75, 3.05) is 12.3 Å². The predicted octanol–water partition coefficient (Wildman–Crippen LogP) is 0.337. The van der Waals surface area contributed by atoms with Crippen molar-refractivity contribution in [3.63, 3.8) is 0 Å². The van der Waals surface area contributed by atoms with E-state index >= 15 is 0 Å². The highest BCUT2D eigenvalue weighted by Gasteiger charge is 2.53. The molecule has 5 atom stereocenters. The number of H-pyrrole nitrogens is 1. The number of aromatic amines is 1. The van der Waals surface area contributed by atoms with E-state index < -0.39 is 52.3 Å². The number of anilines is 1. The summed E-state index contributed by atoms with van der Waals surface area (Å²) in [5.41, 5.74) is 4.27. The average molecular weight is 516 g/mol. The molecule has 14 heteroatoms. The molecule has 2 aromatic rings. The van der Waals surface area contributed by atoms with E-state index in [0.717, 1.165) is 0 Å². The van der Waals surface area contributed by atoms with Gasteiger partial charge in [-0.1, -0.05) is 15.9 Å². The number of esters is 2. The molecule has 0 bridgehead atoms. The van der Waals surface area contributed by atoms with Crippen molar-refractivity contribution in [3.8, 4) is 0 Å². The highest BCUT2D eigenvalue weighted by atomic mass is 79.9. The van der Waals surface area contributed by atoms with Crippen LogP contribution in [0.2, 0.25) is 0 Å². The zero-order chi connectivity index (χ0) is 23.4. The fourth-order valence-corrected chi connectivity index (χ4v) is 4.45. The number of carbonyl (C=O) groups excluding carboxylic acids is 2. The van der Waals surface area contributed by atoms with Crippen LogP contribution in [0.1, 0.15) is 33.9 Å². The monoisotopic (exact) mass is 515 g/mol. The van der Waals surface area contributed by atoms with E-state index in [1.54, 1.807) is 13.8 Å². The number of aromatic nitrogens is 4. The van der Waals surface area contributed by atoms with E-state index in [-0.39, 0.29) is 23.7 Å². The Morgan fingerprint density at radius 3 is 2.72 bits per heavy atom. The maximum absolute atomic E-state index is 12.1. The number of nitrogen functional groups attached to an aromatic ring is 1. The second kappa shape index (κ2) is 7.79. The van der Waals surface area contributed by atoms with Crippen LogP contribution in [0.25, 0.3) is 11.2 Å². The van der Waals surface area contributed by atoms with Gasteiger partial charge in [-0.15, -0.1) is 0 Å². The summed E-state index contributed by atoms with van der Waals surface area (Å²) in [5.74, 6) is -2.81. The fraction of sp³-hybridized carbons (Fsp3) is 0.611. The summed E-state index contributed by atoms with van der Waals surface area (Å²) in [4.78, 5) is 45.8. The highest BCUT2D eigenvalue weighted by molar-refractivity contribution is 9.09. The van der Waals surface area contributed by atoms with E-state index in [4.69, 9.17) is 29.4 Å². The Morgan fingerprint density at radius 1 is 1.38 bits per heavy atom. The van der Waals surface area contributed by atoms with Gasteiger partial charge >= 0.3 is 17.9 Å². The number of hydrogen-bond acceptors (Lipinski definition) is 11. The van der Waals surface area contributed by atoms with E-state index in [1.165, 1.54) is 24.7 Å². The third kappa shape index (κ3) is 3.98. The third-order valence-electron chi connectivity index (χ3n) is 5.01. The summed E-state index contributed by atoms with van der Waals surface area (Å²) in [6.07, 6.45) is -0.968. The van der Waals surface area contributed by atoms with Crippen LogP contribution in [0.5, 0.6) is 0 Å². The minimum atomic E-state index is -1.63. The number of cyclic esters (lactones) is 1. The number of fused-ring (bicyclic) bond motifs is 1. The zero-order valence-electron chi connectivity index (χ0n) is 17.7. The maximum atomic E-state index is 12.1. The first-order valence-electron chi connectivity index (χ1n) is 9.67. The van der Waals surface area contributed by atoms with Gasteiger partial charge in [-0.05, 0) is 13.8 Å². The Bertz CT molecular complexity index is 1130. The second-order valence-electron chi connectivity index (χ2n) is 8.03. The standard InChI is InChI=1S/C18H22BrN5O8/c1-7(25)29-11-8(5-28-18(4)31-15(27)17(2,3)32-18)30-14(9(11)19)24-6-21-10-12(24)22-16(20)23-13(10)26/h6,8-9,11,14H,5H2,1-4H3,(H3,20,22,23,26)/t8-,9+,11-,14-,18?/m1/s1. The largest absolute Gasteiger partial charge is 0.458 e. The van der Waals surface area contributed by atoms with Crippen molar-refractivity contribution in [1.82, 2.24) is 19.5 Å². The number of imidazole rings is 1. The van der Waals surface area contributed by atoms with Gasteiger partial charge < -0.3 is 24.7 Å². The minimum absolute atomic E-state index is 0.0762. The lowest BCUT2D eigenvalue weighted by Crippen LogP contribution is -2.40. The third-order valence-corrected chi connectivity index (χ3v) is 5.99.